The highest BCUT2D eigenvalue weighted by atomic mass is 35.5. The summed E-state index contributed by atoms with van der Waals surface area (Å²) in [5.74, 6) is 0.950. The number of halogens is 1. The Balaban J connectivity index is 2.74. The minimum absolute atomic E-state index is 0.0926. The third-order valence-electron chi connectivity index (χ3n) is 1.95. The molecule has 1 aromatic rings. The molecule has 2 heteroatoms. The van der Waals surface area contributed by atoms with Crippen molar-refractivity contribution in [3.8, 4) is 5.75 Å². The molecular weight excluding hydrogens is 184 g/mol. The van der Waals surface area contributed by atoms with Gasteiger partial charge in [-0.2, -0.15) is 0 Å². The van der Waals surface area contributed by atoms with Crippen molar-refractivity contribution in [2.24, 2.45) is 5.41 Å². The number of rotatable bonds is 3. The number of benzene rings is 1. The summed E-state index contributed by atoms with van der Waals surface area (Å²) in [4.78, 5) is 0. The Morgan fingerprint density at radius 2 is 2.08 bits per heavy atom. The minimum Gasteiger partial charge on any atom is -0.508 e. The molecule has 1 nitrogen and oxygen atoms in total. The number of hydrogen-bond donors (Lipinski definition) is 1. The predicted molar refractivity (Wildman–Crippen MR) is 56.3 cm³/mol. The molecule has 0 aliphatic heterocycles. The topological polar surface area (TPSA) is 20.2 Å². The molecule has 0 amide bonds. The maximum absolute atomic E-state index is 9.25. The fourth-order valence-electron chi connectivity index (χ4n) is 1.27. The fourth-order valence-corrected chi connectivity index (χ4v) is 1.36. The van der Waals surface area contributed by atoms with Crippen molar-refractivity contribution in [3.05, 3.63) is 29.8 Å². The standard InChI is InChI=1S/C11H15ClO/c1-11(2,8-12)7-9-4-3-5-10(13)6-9/h3-6,13H,7-8H2,1-2H3. The molecule has 0 spiro atoms. The molecule has 0 saturated heterocycles. The summed E-state index contributed by atoms with van der Waals surface area (Å²) in [6, 6.07) is 7.33. The van der Waals surface area contributed by atoms with E-state index in [-0.39, 0.29) is 5.41 Å². The normalized spacial score (nSPS) is 11.6. The van der Waals surface area contributed by atoms with E-state index in [1.807, 2.05) is 12.1 Å². The molecule has 0 unspecified atom stereocenters. The Bertz CT molecular complexity index is 281. The predicted octanol–water partition coefficient (Wildman–Crippen LogP) is 3.20. The molecule has 0 fully saturated rings. The molecule has 0 aliphatic rings. The van der Waals surface area contributed by atoms with Crippen molar-refractivity contribution in [2.75, 3.05) is 5.88 Å². The summed E-state index contributed by atoms with van der Waals surface area (Å²) in [5.41, 5.74) is 1.22. The van der Waals surface area contributed by atoms with Gasteiger partial charge in [0.05, 0.1) is 0 Å². The molecule has 13 heavy (non-hydrogen) atoms. The van der Waals surface area contributed by atoms with E-state index in [1.54, 1.807) is 12.1 Å². The van der Waals surface area contributed by atoms with Crippen LogP contribution < -0.4 is 0 Å². The van der Waals surface area contributed by atoms with Crippen LogP contribution in [0.15, 0.2) is 24.3 Å². The lowest BCUT2D eigenvalue weighted by atomic mass is 9.88. The van der Waals surface area contributed by atoms with Crippen LogP contribution in [0.1, 0.15) is 19.4 Å². The fraction of sp³-hybridized carbons (Fsp3) is 0.455. The third kappa shape index (κ3) is 3.27. The van der Waals surface area contributed by atoms with Crippen LogP contribution in [0.5, 0.6) is 5.75 Å². The van der Waals surface area contributed by atoms with Gasteiger partial charge < -0.3 is 5.11 Å². The molecule has 72 valence electrons. The van der Waals surface area contributed by atoms with Gasteiger partial charge in [-0.05, 0) is 29.5 Å². The van der Waals surface area contributed by atoms with Gasteiger partial charge in [0.15, 0.2) is 0 Å². The van der Waals surface area contributed by atoms with E-state index in [2.05, 4.69) is 13.8 Å². The minimum atomic E-state index is 0.0926. The Labute approximate surface area is 84.4 Å². The molecule has 0 bridgehead atoms. The molecule has 1 aromatic carbocycles. The first-order chi connectivity index (χ1) is 6.03. The van der Waals surface area contributed by atoms with Crippen molar-refractivity contribution in [2.45, 2.75) is 20.3 Å². The highest BCUT2D eigenvalue weighted by Crippen LogP contribution is 2.24. The SMILES string of the molecule is CC(C)(CCl)Cc1cccc(O)c1. The van der Waals surface area contributed by atoms with Gasteiger partial charge in [0.2, 0.25) is 0 Å². The molecule has 0 radical (unpaired) electrons. The van der Waals surface area contributed by atoms with E-state index in [0.29, 0.717) is 11.6 Å². The second kappa shape index (κ2) is 4.01. The maximum atomic E-state index is 9.25. The van der Waals surface area contributed by atoms with E-state index in [9.17, 15) is 5.11 Å². The van der Waals surface area contributed by atoms with E-state index in [4.69, 9.17) is 11.6 Å². The first kappa shape index (κ1) is 10.4. The monoisotopic (exact) mass is 198 g/mol. The first-order valence-corrected chi connectivity index (χ1v) is 4.91. The van der Waals surface area contributed by atoms with Crippen LogP contribution in [0.2, 0.25) is 0 Å². The lowest BCUT2D eigenvalue weighted by Gasteiger charge is -2.21. The van der Waals surface area contributed by atoms with Crippen molar-refractivity contribution in [1.29, 1.82) is 0 Å². The van der Waals surface area contributed by atoms with Crippen molar-refractivity contribution in [3.63, 3.8) is 0 Å². The van der Waals surface area contributed by atoms with Gasteiger partial charge in [-0.25, -0.2) is 0 Å². The summed E-state index contributed by atoms with van der Waals surface area (Å²) in [7, 11) is 0. The van der Waals surface area contributed by atoms with Crippen LogP contribution in [0.4, 0.5) is 0 Å². The van der Waals surface area contributed by atoms with Gasteiger partial charge in [-0.3, -0.25) is 0 Å². The van der Waals surface area contributed by atoms with Gasteiger partial charge in [-0.1, -0.05) is 26.0 Å². The van der Waals surface area contributed by atoms with Gasteiger partial charge in [-0.15, -0.1) is 11.6 Å². The van der Waals surface area contributed by atoms with Crippen molar-refractivity contribution in [1.82, 2.24) is 0 Å². The van der Waals surface area contributed by atoms with E-state index >= 15 is 0 Å². The Hall–Kier alpha value is -0.690. The molecule has 0 aliphatic carbocycles. The van der Waals surface area contributed by atoms with Gasteiger partial charge in [0.25, 0.3) is 0 Å². The second-order valence-corrected chi connectivity index (χ2v) is 4.41. The Morgan fingerprint density at radius 1 is 1.38 bits per heavy atom. The zero-order valence-electron chi connectivity index (χ0n) is 8.05. The molecule has 0 aromatic heterocycles. The molecule has 0 atom stereocenters. The quantitative estimate of drug-likeness (QED) is 0.740. The van der Waals surface area contributed by atoms with Gasteiger partial charge in [0.1, 0.15) is 5.75 Å². The average molecular weight is 199 g/mol. The van der Waals surface area contributed by atoms with E-state index < -0.39 is 0 Å². The third-order valence-corrected chi connectivity index (χ3v) is 2.68. The Kier molecular flexibility index (Phi) is 3.21. The van der Waals surface area contributed by atoms with Gasteiger partial charge >= 0.3 is 0 Å². The number of phenolic OH excluding ortho intramolecular Hbond substituents is 1. The average Bonchev–Trinajstić information content (AvgIpc) is 2.03. The highest BCUT2D eigenvalue weighted by molar-refractivity contribution is 6.18. The number of aromatic hydroxyl groups is 1. The van der Waals surface area contributed by atoms with Crippen LogP contribution in [0.25, 0.3) is 0 Å². The zero-order chi connectivity index (χ0) is 9.90. The summed E-state index contributed by atoms with van der Waals surface area (Å²) in [6.07, 6.45) is 0.894. The van der Waals surface area contributed by atoms with E-state index in [1.165, 1.54) is 0 Å². The maximum Gasteiger partial charge on any atom is 0.115 e. The zero-order valence-corrected chi connectivity index (χ0v) is 8.80. The lowest BCUT2D eigenvalue weighted by molar-refractivity contribution is 0.416. The molecule has 0 heterocycles. The molecule has 0 saturated carbocycles. The van der Waals surface area contributed by atoms with Crippen LogP contribution in [-0.2, 0) is 6.42 Å². The van der Waals surface area contributed by atoms with Crippen LogP contribution in [-0.4, -0.2) is 11.0 Å². The number of alkyl halides is 1. The number of phenols is 1. The number of hydrogen-bond acceptors (Lipinski definition) is 1. The summed E-state index contributed by atoms with van der Waals surface area (Å²) in [6.45, 7) is 4.23. The van der Waals surface area contributed by atoms with Crippen LogP contribution in [0.3, 0.4) is 0 Å². The van der Waals surface area contributed by atoms with E-state index in [0.717, 1.165) is 12.0 Å². The Morgan fingerprint density at radius 3 is 2.62 bits per heavy atom. The molecular formula is C11H15ClO. The highest BCUT2D eigenvalue weighted by Gasteiger charge is 2.16. The molecule has 1 rings (SSSR count). The van der Waals surface area contributed by atoms with Crippen molar-refractivity contribution < 1.29 is 5.11 Å². The second-order valence-electron chi connectivity index (χ2n) is 4.14. The summed E-state index contributed by atoms with van der Waals surface area (Å²) in [5, 5.41) is 9.25. The summed E-state index contributed by atoms with van der Waals surface area (Å²) < 4.78 is 0. The first-order valence-electron chi connectivity index (χ1n) is 4.37. The van der Waals surface area contributed by atoms with Crippen LogP contribution in [0, 0.1) is 5.41 Å². The summed E-state index contributed by atoms with van der Waals surface area (Å²) >= 11 is 5.82. The lowest BCUT2D eigenvalue weighted by Crippen LogP contribution is -2.16. The molecule has 1 N–H and O–H groups in total. The van der Waals surface area contributed by atoms with Crippen molar-refractivity contribution >= 4 is 11.6 Å². The van der Waals surface area contributed by atoms with Crippen LogP contribution >= 0.6 is 11.6 Å². The smallest absolute Gasteiger partial charge is 0.115 e. The van der Waals surface area contributed by atoms with Gasteiger partial charge in [0, 0.05) is 5.88 Å². The largest absolute Gasteiger partial charge is 0.508 e.